The van der Waals surface area contributed by atoms with Crippen molar-refractivity contribution in [3.05, 3.63) is 59.7 Å². The van der Waals surface area contributed by atoms with Gasteiger partial charge in [-0.15, -0.1) is 0 Å². The molecule has 8 nitrogen and oxygen atoms in total. The van der Waals surface area contributed by atoms with E-state index in [1.807, 2.05) is 30.3 Å². The molecular weight excluding hydrogens is 452 g/mol. The van der Waals surface area contributed by atoms with Crippen molar-refractivity contribution >= 4 is 27.5 Å². The molecule has 2 aromatic rings. The van der Waals surface area contributed by atoms with Gasteiger partial charge in [0.25, 0.3) is 5.91 Å². The molecule has 0 radical (unpaired) electrons. The van der Waals surface area contributed by atoms with E-state index in [1.165, 1.54) is 10.4 Å². The van der Waals surface area contributed by atoms with E-state index in [-0.39, 0.29) is 16.4 Å². The predicted molar refractivity (Wildman–Crippen MR) is 133 cm³/mol. The second kappa shape index (κ2) is 11.5. The van der Waals surface area contributed by atoms with Gasteiger partial charge in [0.05, 0.1) is 10.5 Å². The maximum absolute atomic E-state index is 13.3. The number of anilines is 1. The molecule has 2 N–H and O–H groups in total. The van der Waals surface area contributed by atoms with E-state index in [0.717, 1.165) is 31.5 Å². The Balaban J connectivity index is 1.82. The molecule has 0 aliphatic carbocycles. The Hall–Kier alpha value is -2.91. The van der Waals surface area contributed by atoms with Gasteiger partial charge in [0, 0.05) is 38.4 Å². The van der Waals surface area contributed by atoms with Gasteiger partial charge in [0.15, 0.2) is 0 Å². The zero-order valence-electron chi connectivity index (χ0n) is 20.1. The van der Waals surface area contributed by atoms with Crippen molar-refractivity contribution in [3.63, 3.8) is 0 Å². The van der Waals surface area contributed by atoms with Crippen LogP contribution < -0.4 is 15.5 Å². The summed E-state index contributed by atoms with van der Waals surface area (Å²) in [5.74, 6) is -0.785. The largest absolute Gasteiger partial charge is 0.371 e. The van der Waals surface area contributed by atoms with E-state index in [9.17, 15) is 18.0 Å². The van der Waals surface area contributed by atoms with Gasteiger partial charge in [-0.05, 0) is 43.5 Å². The molecule has 34 heavy (non-hydrogen) atoms. The van der Waals surface area contributed by atoms with Crippen molar-refractivity contribution in [2.24, 2.45) is 0 Å². The van der Waals surface area contributed by atoms with Crippen LogP contribution in [0.4, 0.5) is 5.69 Å². The molecule has 1 fully saturated rings. The molecule has 2 amide bonds. The third-order valence-corrected chi connectivity index (χ3v) is 8.10. The number of hydrogen-bond donors (Lipinski definition) is 2. The first-order chi connectivity index (χ1) is 16.3. The lowest BCUT2D eigenvalue weighted by Crippen LogP contribution is -2.45. The summed E-state index contributed by atoms with van der Waals surface area (Å²) in [6.45, 7) is 7.82. The number of carbonyl (C=O) groups is 2. The molecule has 2 aromatic carbocycles. The summed E-state index contributed by atoms with van der Waals surface area (Å²) in [4.78, 5) is 28.0. The van der Waals surface area contributed by atoms with E-state index in [4.69, 9.17) is 0 Å². The average molecular weight is 487 g/mol. The maximum atomic E-state index is 13.3. The summed E-state index contributed by atoms with van der Waals surface area (Å²) in [5, 5.41) is 5.57. The van der Waals surface area contributed by atoms with Crippen molar-refractivity contribution in [1.29, 1.82) is 0 Å². The predicted octanol–water partition coefficient (Wildman–Crippen LogP) is 2.75. The highest BCUT2D eigenvalue weighted by molar-refractivity contribution is 7.89. The van der Waals surface area contributed by atoms with E-state index in [1.54, 1.807) is 32.9 Å². The van der Waals surface area contributed by atoms with E-state index < -0.39 is 22.0 Å². The minimum atomic E-state index is -3.73. The number of carbonyl (C=O) groups excluding carboxylic acids is 2. The van der Waals surface area contributed by atoms with E-state index >= 15 is 0 Å². The number of amides is 2. The lowest BCUT2D eigenvalue weighted by atomic mass is 10.1. The van der Waals surface area contributed by atoms with Crippen LogP contribution >= 0.6 is 0 Å². The Kier molecular flexibility index (Phi) is 8.68. The second-order valence-electron chi connectivity index (χ2n) is 8.36. The van der Waals surface area contributed by atoms with Crippen LogP contribution in [0.1, 0.15) is 49.5 Å². The number of nitrogens with zero attached hydrogens (tertiary/aromatic N) is 2. The SMILES string of the molecule is CCN(CC)S(=O)(=O)c1ccc(N2CCCC2)c(C(=O)NC(C)C(=O)NCc2ccccc2)c1. The molecule has 0 bridgehead atoms. The third-order valence-electron chi connectivity index (χ3n) is 6.05. The fourth-order valence-corrected chi connectivity index (χ4v) is 5.57. The quantitative estimate of drug-likeness (QED) is 0.538. The topological polar surface area (TPSA) is 98.8 Å². The number of benzene rings is 2. The molecule has 0 aromatic heterocycles. The Morgan fingerprint density at radius 2 is 1.68 bits per heavy atom. The monoisotopic (exact) mass is 486 g/mol. The van der Waals surface area contributed by atoms with Crippen LogP contribution in [0.15, 0.2) is 53.4 Å². The molecule has 0 spiro atoms. The summed E-state index contributed by atoms with van der Waals surface area (Å²) < 4.78 is 27.5. The van der Waals surface area contributed by atoms with Crippen LogP contribution in [0.3, 0.4) is 0 Å². The van der Waals surface area contributed by atoms with Gasteiger partial charge in [-0.2, -0.15) is 4.31 Å². The number of nitrogens with one attached hydrogen (secondary N) is 2. The third kappa shape index (κ3) is 5.95. The lowest BCUT2D eigenvalue weighted by Gasteiger charge is -2.24. The van der Waals surface area contributed by atoms with Gasteiger partial charge in [-0.3, -0.25) is 9.59 Å². The standard InChI is InChI=1S/C25H34N4O4S/c1-4-29(5-2)34(32,33)21-13-14-23(28-15-9-10-16-28)22(17-21)25(31)27-19(3)24(30)26-18-20-11-7-6-8-12-20/h6-8,11-14,17,19H,4-5,9-10,15-16,18H2,1-3H3,(H,26,30)(H,27,31). The van der Waals surface area contributed by atoms with Crippen LogP contribution in [-0.2, 0) is 21.4 Å². The molecule has 9 heteroatoms. The fourth-order valence-electron chi connectivity index (χ4n) is 4.08. The Labute approximate surface area is 202 Å². The summed E-state index contributed by atoms with van der Waals surface area (Å²) in [6, 6.07) is 13.4. The van der Waals surface area contributed by atoms with Gasteiger partial charge in [-0.1, -0.05) is 44.2 Å². The smallest absolute Gasteiger partial charge is 0.254 e. The Morgan fingerprint density at radius 1 is 1.03 bits per heavy atom. The molecule has 1 saturated heterocycles. The number of sulfonamides is 1. The van der Waals surface area contributed by atoms with Crippen LogP contribution in [0.25, 0.3) is 0 Å². The minimum Gasteiger partial charge on any atom is -0.371 e. The first-order valence-electron chi connectivity index (χ1n) is 11.8. The van der Waals surface area contributed by atoms with Crippen molar-refractivity contribution in [1.82, 2.24) is 14.9 Å². The first kappa shape index (κ1) is 25.7. The minimum absolute atomic E-state index is 0.0745. The first-order valence-corrected chi connectivity index (χ1v) is 13.2. The van der Waals surface area contributed by atoms with Crippen molar-refractivity contribution in [3.8, 4) is 0 Å². The van der Waals surface area contributed by atoms with Gasteiger partial charge in [0.2, 0.25) is 15.9 Å². The summed E-state index contributed by atoms with van der Waals surface area (Å²) in [7, 11) is -3.73. The molecule has 1 heterocycles. The molecule has 1 unspecified atom stereocenters. The molecule has 1 aliphatic heterocycles. The lowest BCUT2D eigenvalue weighted by molar-refractivity contribution is -0.122. The van der Waals surface area contributed by atoms with Crippen LogP contribution in [-0.4, -0.2) is 56.8 Å². The number of rotatable bonds is 10. The summed E-state index contributed by atoms with van der Waals surface area (Å²) in [6.07, 6.45) is 2.03. The van der Waals surface area contributed by atoms with Crippen molar-refractivity contribution in [2.45, 2.75) is 51.1 Å². The average Bonchev–Trinajstić information content (AvgIpc) is 3.38. The maximum Gasteiger partial charge on any atom is 0.254 e. The molecular formula is C25H34N4O4S. The molecule has 0 saturated carbocycles. The van der Waals surface area contributed by atoms with Crippen molar-refractivity contribution < 1.29 is 18.0 Å². The zero-order valence-corrected chi connectivity index (χ0v) is 20.9. The highest BCUT2D eigenvalue weighted by Crippen LogP contribution is 2.28. The second-order valence-corrected chi connectivity index (χ2v) is 10.3. The van der Waals surface area contributed by atoms with Gasteiger partial charge in [-0.25, -0.2) is 8.42 Å². The number of hydrogen-bond acceptors (Lipinski definition) is 5. The van der Waals surface area contributed by atoms with Crippen LogP contribution in [0.2, 0.25) is 0 Å². The molecule has 1 atom stereocenters. The van der Waals surface area contributed by atoms with Crippen molar-refractivity contribution in [2.75, 3.05) is 31.1 Å². The van der Waals surface area contributed by atoms with E-state index in [0.29, 0.717) is 25.3 Å². The van der Waals surface area contributed by atoms with E-state index in [2.05, 4.69) is 15.5 Å². The highest BCUT2D eigenvalue weighted by Gasteiger charge is 2.27. The van der Waals surface area contributed by atoms with Crippen LogP contribution in [0.5, 0.6) is 0 Å². The molecule has 184 valence electrons. The van der Waals surface area contributed by atoms with Crippen LogP contribution in [0, 0.1) is 0 Å². The normalized spacial score (nSPS) is 14.8. The summed E-state index contributed by atoms with van der Waals surface area (Å²) in [5.41, 5.74) is 1.91. The van der Waals surface area contributed by atoms with Gasteiger partial charge >= 0.3 is 0 Å². The Morgan fingerprint density at radius 3 is 2.29 bits per heavy atom. The van der Waals surface area contributed by atoms with Gasteiger partial charge in [0.1, 0.15) is 6.04 Å². The molecule has 1 aliphatic rings. The van der Waals surface area contributed by atoms with Gasteiger partial charge < -0.3 is 15.5 Å². The summed E-state index contributed by atoms with van der Waals surface area (Å²) >= 11 is 0. The fraction of sp³-hybridized carbons (Fsp3) is 0.440. The Bertz CT molecular complexity index is 1100. The zero-order chi connectivity index (χ0) is 24.7. The molecule has 3 rings (SSSR count). The highest BCUT2D eigenvalue weighted by atomic mass is 32.2.